The van der Waals surface area contributed by atoms with Crippen LogP contribution in [0.25, 0.3) is 11.0 Å². The molecule has 1 aliphatic heterocycles. The Hall–Kier alpha value is -2.77. The summed E-state index contributed by atoms with van der Waals surface area (Å²) in [7, 11) is 0. The Morgan fingerprint density at radius 3 is 2.42 bits per heavy atom. The molecule has 6 nitrogen and oxygen atoms in total. The van der Waals surface area contributed by atoms with E-state index in [0.29, 0.717) is 18.7 Å². The van der Waals surface area contributed by atoms with Gasteiger partial charge in [0.05, 0.1) is 11.9 Å². The van der Waals surface area contributed by atoms with Gasteiger partial charge in [-0.2, -0.15) is 0 Å². The number of anilines is 1. The highest BCUT2D eigenvalue weighted by molar-refractivity contribution is 5.96. The van der Waals surface area contributed by atoms with Gasteiger partial charge in [-0.1, -0.05) is 24.3 Å². The predicted molar refractivity (Wildman–Crippen MR) is 130 cm³/mol. The molecular formula is C26H33FN4O2. The number of nitrogens with zero attached hydrogens (tertiary/aromatic N) is 4. The Morgan fingerprint density at radius 1 is 1.15 bits per heavy atom. The molecule has 0 unspecified atom stereocenters. The number of pyridine rings is 1. The molecule has 33 heavy (non-hydrogen) atoms. The van der Waals surface area contributed by atoms with Crippen LogP contribution in [-0.4, -0.2) is 69.3 Å². The minimum Gasteiger partial charge on any atom is -0.388 e. The van der Waals surface area contributed by atoms with Gasteiger partial charge in [0.2, 0.25) is 0 Å². The van der Waals surface area contributed by atoms with Crippen molar-refractivity contribution in [3.8, 4) is 0 Å². The molecule has 0 radical (unpaired) electrons. The van der Waals surface area contributed by atoms with Gasteiger partial charge in [0.15, 0.2) is 5.78 Å². The summed E-state index contributed by atoms with van der Waals surface area (Å²) in [6.07, 6.45) is 3.96. The van der Waals surface area contributed by atoms with Gasteiger partial charge in [-0.05, 0) is 45.4 Å². The lowest BCUT2D eigenvalue weighted by Gasteiger charge is -2.46. The number of benzene rings is 1. The summed E-state index contributed by atoms with van der Waals surface area (Å²) in [6, 6.07) is 12.1. The highest BCUT2D eigenvalue weighted by Gasteiger charge is 2.33. The number of ketones is 1. The zero-order chi connectivity index (χ0) is 23.8. The maximum absolute atomic E-state index is 14.3. The van der Waals surface area contributed by atoms with E-state index in [2.05, 4.69) is 40.3 Å². The average molecular weight is 453 g/mol. The second-order valence-electron chi connectivity index (χ2n) is 9.82. The summed E-state index contributed by atoms with van der Waals surface area (Å²) in [5, 5.41) is 10.1. The summed E-state index contributed by atoms with van der Waals surface area (Å²) in [6.45, 7) is 9.91. The molecule has 3 aromatic rings. The fourth-order valence-corrected chi connectivity index (χ4v) is 4.76. The second-order valence-corrected chi connectivity index (χ2v) is 9.82. The Bertz CT molecular complexity index is 1110. The number of aliphatic hydroxyl groups is 1. The number of hydrogen-bond acceptors (Lipinski definition) is 5. The Morgan fingerprint density at radius 2 is 1.82 bits per heavy atom. The van der Waals surface area contributed by atoms with Crippen molar-refractivity contribution in [2.45, 2.75) is 52.0 Å². The summed E-state index contributed by atoms with van der Waals surface area (Å²) in [5.74, 6) is -0.278. The quantitative estimate of drug-likeness (QED) is 0.551. The number of aliphatic hydroxyl groups excluding tert-OH is 1. The largest absolute Gasteiger partial charge is 0.388 e. The molecule has 0 spiro atoms. The molecule has 1 aliphatic rings. The number of alkyl halides is 1. The van der Waals surface area contributed by atoms with E-state index in [4.69, 9.17) is 10.1 Å². The van der Waals surface area contributed by atoms with Crippen LogP contribution in [0.4, 0.5) is 10.1 Å². The normalized spacial score (nSPS) is 19.9. The molecule has 2 aromatic heterocycles. The second kappa shape index (κ2) is 9.23. The Kier molecular flexibility index (Phi) is 6.54. The summed E-state index contributed by atoms with van der Waals surface area (Å²) in [5.41, 5.74) is 2.36. The maximum Gasteiger partial charge on any atom is 0.188 e. The van der Waals surface area contributed by atoms with E-state index in [1.807, 2.05) is 24.5 Å². The van der Waals surface area contributed by atoms with Crippen LogP contribution in [0.1, 0.15) is 43.6 Å². The van der Waals surface area contributed by atoms with E-state index in [1.54, 1.807) is 26.0 Å². The van der Waals surface area contributed by atoms with Crippen LogP contribution >= 0.6 is 0 Å². The number of rotatable bonds is 7. The SMILES string of the molecule is C[C@@H]1CN(c2cnc3c(ccn3Cc3ccc(C(=O)CO)cc3)c2)C[C@H](C)N1CC(C)(C)F. The van der Waals surface area contributed by atoms with Crippen molar-refractivity contribution < 1.29 is 14.3 Å². The first-order valence-electron chi connectivity index (χ1n) is 11.5. The number of hydrogen-bond donors (Lipinski definition) is 1. The molecule has 4 rings (SSSR count). The Balaban J connectivity index is 1.48. The number of Topliss-reactive ketones (excluding diaryl/α,β-unsaturated/α-hetero) is 1. The number of aromatic nitrogens is 2. The van der Waals surface area contributed by atoms with Gasteiger partial charge >= 0.3 is 0 Å². The fourth-order valence-electron chi connectivity index (χ4n) is 4.76. The van der Waals surface area contributed by atoms with Gasteiger partial charge in [0, 0.05) is 55.4 Å². The van der Waals surface area contributed by atoms with Crippen molar-refractivity contribution in [1.29, 1.82) is 0 Å². The number of halogens is 1. The summed E-state index contributed by atoms with van der Waals surface area (Å²) >= 11 is 0. The van der Waals surface area contributed by atoms with Crippen LogP contribution in [0.2, 0.25) is 0 Å². The van der Waals surface area contributed by atoms with Gasteiger partial charge < -0.3 is 14.6 Å². The van der Waals surface area contributed by atoms with E-state index < -0.39 is 12.3 Å². The summed E-state index contributed by atoms with van der Waals surface area (Å²) in [4.78, 5) is 21.0. The third-order valence-electron chi connectivity index (χ3n) is 6.38. The maximum atomic E-state index is 14.3. The van der Waals surface area contributed by atoms with E-state index in [-0.39, 0.29) is 17.9 Å². The number of fused-ring (bicyclic) bond motifs is 1. The Labute approximate surface area is 194 Å². The van der Waals surface area contributed by atoms with Crippen molar-refractivity contribution in [1.82, 2.24) is 14.5 Å². The first kappa shape index (κ1) is 23.4. The third kappa shape index (κ3) is 5.25. The summed E-state index contributed by atoms with van der Waals surface area (Å²) < 4.78 is 16.3. The fraction of sp³-hybridized carbons (Fsp3) is 0.462. The molecule has 1 aromatic carbocycles. The zero-order valence-electron chi connectivity index (χ0n) is 19.8. The number of carbonyl (C=O) groups excluding carboxylic acids is 1. The molecule has 1 saturated heterocycles. The highest BCUT2D eigenvalue weighted by Crippen LogP contribution is 2.27. The van der Waals surface area contributed by atoms with Crippen molar-refractivity contribution >= 4 is 22.5 Å². The van der Waals surface area contributed by atoms with Crippen LogP contribution in [0.3, 0.4) is 0 Å². The van der Waals surface area contributed by atoms with Crippen molar-refractivity contribution in [2.24, 2.45) is 0 Å². The standard InChI is InChI=1S/C26H33FN4O2/c1-18-13-30(14-19(2)31(18)17-26(3,4)27)23-11-22-9-10-29(25(22)28-12-23)15-20-5-7-21(8-6-20)24(33)16-32/h5-12,18-19,32H,13-17H2,1-4H3/t18-,19+. The molecule has 0 bridgehead atoms. The minimum absolute atomic E-state index is 0.254. The van der Waals surface area contributed by atoms with Gasteiger partial charge in [0.25, 0.3) is 0 Å². The van der Waals surface area contributed by atoms with Gasteiger partial charge in [0.1, 0.15) is 17.9 Å². The third-order valence-corrected chi connectivity index (χ3v) is 6.38. The monoisotopic (exact) mass is 452 g/mol. The van der Waals surface area contributed by atoms with Crippen LogP contribution < -0.4 is 4.90 Å². The lowest BCUT2D eigenvalue weighted by Crippen LogP contribution is -2.59. The smallest absolute Gasteiger partial charge is 0.188 e. The van der Waals surface area contributed by atoms with E-state index >= 15 is 0 Å². The molecular weight excluding hydrogens is 419 g/mol. The molecule has 176 valence electrons. The molecule has 2 atom stereocenters. The minimum atomic E-state index is -1.21. The van der Waals surface area contributed by atoms with Gasteiger partial charge in [-0.3, -0.25) is 9.69 Å². The van der Waals surface area contributed by atoms with Crippen LogP contribution in [-0.2, 0) is 6.54 Å². The molecule has 1 N–H and O–H groups in total. The average Bonchev–Trinajstić information content (AvgIpc) is 3.17. The number of piperazine rings is 1. The molecule has 7 heteroatoms. The van der Waals surface area contributed by atoms with Gasteiger partial charge in [-0.15, -0.1) is 0 Å². The molecule has 1 fully saturated rings. The van der Waals surface area contributed by atoms with Crippen LogP contribution in [0, 0.1) is 0 Å². The molecule has 0 aliphatic carbocycles. The van der Waals surface area contributed by atoms with Crippen molar-refractivity contribution in [2.75, 3.05) is 31.1 Å². The van der Waals surface area contributed by atoms with Crippen molar-refractivity contribution in [3.63, 3.8) is 0 Å². The first-order valence-corrected chi connectivity index (χ1v) is 11.5. The molecule has 0 saturated carbocycles. The van der Waals surface area contributed by atoms with E-state index in [1.165, 1.54) is 0 Å². The van der Waals surface area contributed by atoms with Crippen molar-refractivity contribution in [3.05, 3.63) is 59.9 Å². The first-order chi connectivity index (χ1) is 15.6. The lowest BCUT2D eigenvalue weighted by atomic mass is 10.0. The van der Waals surface area contributed by atoms with E-state index in [0.717, 1.165) is 35.4 Å². The lowest BCUT2D eigenvalue weighted by molar-refractivity contribution is 0.0587. The van der Waals surface area contributed by atoms with Crippen LogP contribution in [0.15, 0.2) is 48.8 Å². The van der Waals surface area contributed by atoms with E-state index in [9.17, 15) is 9.18 Å². The van der Waals surface area contributed by atoms with Gasteiger partial charge in [-0.25, -0.2) is 9.37 Å². The molecule has 3 heterocycles. The zero-order valence-corrected chi connectivity index (χ0v) is 19.8. The highest BCUT2D eigenvalue weighted by atomic mass is 19.1. The molecule has 0 amide bonds. The predicted octanol–water partition coefficient (Wildman–Crippen LogP) is 3.91. The number of carbonyl (C=O) groups is 1. The topological polar surface area (TPSA) is 61.6 Å². The van der Waals surface area contributed by atoms with Crippen LogP contribution in [0.5, 0.6) is 0 Å².